The van der Waals surface area contributed by atoms with Crippen LogP contribution in [0.25, 0.3) is 0 Å². The van der Waals surface area contributed by atoms with Crippen molar-refractivity contribution in [1.29, 1.82) is 0 Å². The molecule has 0 aliphatic heterocycles. The van der Waals surface area contributed by atoms with Crippen molar-refractivity contribution in [2.75, 3.05) is 6.54 Å². The summed E-state index contributed by atoms with van der Waals surface area (Å²) in [5, 5.41) is 15.3. The molecule has 20 heavy (non-hydrogen) atoms. The minimum absolute atomic E-state index is 0.0185. The molecule has 3 N–H and O–H groups in total. The summed E-state index contributed by atoms with van der Waals surface area (Å²) < 4.78 is 0. The van der Waals surface area contributed by atoms with Gasteiger partial charge in [0.25, 0.3) is 0 Å². The summed E-state index contributed by atoms with van der Waals surface area (Å²) in [5.41, 5.74) is 0. The molecule has 1 rings (SSSR count). The van der Waals surface area contributed by atoms with Gasteiger partial charge in [0.05, 0.1) is 0 Å². The number of rotatable bonds is 7. The second-order valence-corrected chi connectivity index (χ2v) is 5.57. The Balaban J connectivity index is 2.17. The smallest absolute Gasteiger partial charge is 0.321 e. The number of carboxylic acids is 1. The number of aliphatic carboxylic acids is 1. The van der Waals surface area contributed by atoms with Crippen molar-refractivity contribution in [1.82, 2.24) is 10.6 Å². The van der Waals surface area contributed by atoms with Gasteiger partial charge in [0.1, 0.15) is 0 Å². The molecule has 0 bridgehead atoms. The number of carbonyl (C=O) groups is 3. The van der Waals surface area contributed by atoms with Gasteiger partial charge in [-0.2, -0.15) is 0 Å². The number of imide groups is 1. The van der Waals surface area contributed by atoms with E-state index >= 15 is 0 Å². The van der Waals surface area contributed by atoms with Crippen LogP contribution in [-0.4, -0.2) is 29.6 Å². The van der Waals surface area contributed by atoms with E-state index in [1.807, 2.05) is 17.5 Å². The molecule has 0 radical (unpaired) electrons. The van der Waals surface area contributed by atoms with Crippen LogP contribution in [0.2, 0.25) is 0 Å². The predicted octanol–water partition coefficient (Wildman–Crippen LogP) is 1.62. The fourth-order valence-electron chi connectivity index (χ4n) is 1.66. The maximum atomic E-state index is 11.5. The van der Waals surface area contributed by atoms with E-state index in [0.29, 0.717) is 13.0 Å². The third-order valence-electron chi connectivity index (χ3n) is 2.55. The van der Waals surface area contributed by atoms with E-state index < -0.39 is 17.9 Å². The van der Waals surface area contributed by atoms with Gasteiger partial charge in [0.2, 0.25) is 5.91 Å². The minimum atomic E-state index is -0.953. The van der Waals surface area contributed by atoms with Crippen LogP contribution in [0.5, 0.6) is 0 Å². The van der Waals surface area contributed by atoms with Gasteiger partial charge < -0.3 is 10.4 Å². The lowest BCUT2D eigenvalue weighted by Crippen LogP contribution is -2.40. The van der Waals surface area contributed by atoms with E-state index in [9.17, 15) is 14.4 Å². The molecule has 0 spiro atoms. The summed E-state index contributed by atoms with van der Waals surface area (Å²) in [6.07, 6.45) is 0.646. The van der Waals surface area contributed by atoms with Crippen molar-refractivity contribution in [3.8, 4) is 0 Å². The molecule has 0 aliphatic carbocycles. The molecule has 0 aromatic carbocycles. The van der Waals surface area contributed by atoms with Crippen LogP contribution < -0.4 is 10.6 Å². The number of hydrogen-bond acceptors (Lipinski definition) is 4. The minimum Gasteiger partial charge on any atom is -0.481 e. The highest BCUT2D eigenvalue weighted by Gasteiger charge is 2.14. The summed E-state index contributed by atoms with van der Waals surface area (Å²) >= 11 is 1.61. The van der Waals surface area contributed by atoms with E-state index in [1.165, 1.54) is 0 Å². The molecule has 6 nitrogen and oxygen atoms in total. The zero-order valence-corrected chi connectivity index (χ0v) is 12.0. The molecule has 1 aromatic heterocycles. The number of nitrogens with one attached hydrogen (secondary N) is 2. The van der Waals surface area contributed by atoms with Crippen molar-refractivity contribution >= 4 is 29.2 Å². The number of amides is 3. The van der Waals surface area contributed by atoms with Gasteiger partial charge in [-0.1, -0.05) is 13.0 Å². The fraction of sp³-hybridized carbons (Fsp3) is 0.462. The molecule has 1 atom stereocenters. The summed E-state index contributed by atoms with van der Waals surface area (Å²) in [6, 6.07) is 3.37. The summed E-state index contributed by atoms with van der Waals surface area (Å²) in [6.45, 7) is 2.10. The van der Waals surface area contributed by atoms with E-state index in [0.717, 1.165) is 4.88 Å². The Morgan fingerprint density at radius 1 is 1.35 bits per heavy atom. The van der Waals surface area contributed by atoms with Crippen molar-refractivity contribution in [2.24, 2.45) is 5.92 Å². The maximum absolute atomic E-state index is 11.5. The SMILES string of the molecule is CC(CC(=O)O)CC(=O)NC(=O)NCCc1cccs1. The third-order valence-corrected chi connectivity index (χ3v) is 3.48. The highest BCUT2D eigenvalue weighted by molar-refractivity contribution is 7.09. The summed E-state index contributed by atoms with van der Waals surface area (Å²) in [4.78, 5) is 34.5. The standard InChI is InChI=1S/C13H18N2O4S/c1-9(8-12(17)18)7-11(16)15-13(19)14-5-4-10-3-2-6-20-10/h2-3,6,9H,4-5,7-8H2,1H3,(H,17,18)(H2,14,15,16,19). The molecule has 7 heteroatoms. The van der Waals surface area contributed by atoms with Crippen LogP contribution in [0.3, 0.4) is 0 Å². The van der Waals surface area contributed by atoms with Gasteiger partial charge in [0, 0.05) is 24.3 Å². The zero-order valence-electron chi connectivity index (χ0n) is 11.2. The number of carbonyl (C=O) groups excluding carboxylic acids is 2. The fourth-order valence-corrected chi connectivity index (χ4v) is 2.37. The molecule has 0 fully saturated rings. The van der Waals surface area contributed by atoms with Crippen LogP contribution in [0, 0.1) is 5.92 Å². The van der Waals surface area contributed by atoms with Crippen LogP contribution in [0.1, 0.15) is 24.6 Å². The first-order valence-electron chi connectivity index (χ1n) is 6.29. The van der Waals surface area contributed by atoms with Crippen LogP contribution in [0.4, 0.5) is 4.79 Å². The van der Waals surface area contributed by atoms with Gasteiger partial charge in [-0.05, 0) is 23.8 Å². The normalized spacial score (nSPS) is 11.7. The average molecular weight is 298 g/mol. The van der Waals surface area contributed by atoms with E-state index in [2.05, 4.69) is 10.6 Å². The Labute approximate surface area is 121 Å². The highest BCUT2D eigenvalue weighted by atomic mass is 32.1. The number of urea groups is 1. The first-order chi connectivity index (χ1) is 9.47. The van der Waals surface area contributed by atoms with Crippen molar-refractivity contribution in [3.63, 3.8) is 0 Å². The number of hydrogen-bond donors (Lipinski definition) is 3. The van der Waals surface area contributed by atoms with Crippen LogP contribution in [-0.2, 0) is 16.0 Å². The highest BCUT2D eigenvalue weighted by Crippen LogP contribution is 2.08. The average Bonchev–Trinajstić information content (AvgIpc) is 2.80. The maximum Gasteiger partial charge on any atom is 0.321 e. The molecular formula is C13H18N2O4S. The number of carboxylic acid groups (broad SMARTS) is 1. The van der Waals surface area contributed by atoms with Crippen molar-refractivity contribution < 1.29 is 19.5 Å². The second kappa shape index (κ2) is 8.31. The molecular weight excluding hydrogens is 280 g/mol. The molecule has 0 saturated heterocycles. The monoisotopic (exact) mass is 298 g/mol. The quantitative estimate of drug-likeness (QED) is 0.712. The second-order valence-electron chi connectivity index (χ2n) is 4.54. The van der Waals surface area contributed by atoms with Crippen molar-refractivity contribution in [2.45, 2.75) is 26.2 Å². The van der Waals surface area contributed by atoms with E-state index in [4.69, 9.17) is 5.11 Å². The molecule has 1 unspecified atom stereocenters. The Morgan fingerprint density at radius 3 is 2.70 bits per heavy atom. The first kappa shape index (κ1) is 16.2. The molecule has 1 aromatic rings. The predicted molar refractivity (Wildman–Crippen MR) is 75.6 cm³/mol. The van der Waals surface area contributed by atoms with Gasteiger partial charge in [-0.3, -0.25) is 14.9 Å². The van der Waals surface area contributed by atoms with Crippen LogP contribution in [0.15, 0.2) is 17.5 Å². The largest absolute Gasteiger partial charge is 0.481 e. The molecule has 0 saturated carbocycles. The lowest BCUT2D eigenvalue weighted by molar-refractivity contribution is -0.138. The van der Waals surface area contributed by atoms with E-state index in [-0.39, 0.29) is 18.8 Å². The zero-order chi connectivity index (χ0) is 15.0. The summed E-state index contributed by atoms with van der Waals surface area (Å²) in [7, 11) is 0. The lowest BCUT2D eigenvalue weighted by atomic mass is 10.0. The molecule has 3 amide bonds. The molecule has 0 aliphatic rings. The first-order valence-corrected chi connectivity index (χ1v) is 7.17. The van der Waals surface area contributed by atoms with E-state index in [1.54, 1.807) is 18.3 Å². The Morgan fingerprint density at radius 2 is 2.10 bits per heavy atom. The Hall–Kier alpha value is -1.89. The molecule has 110 valence electrons. The van der Waals surface area contributed by atoms with Gasteiger partial charge >= 0.3 is 12.0 Å². The third kappa shape index (κ3) is 6.89. The van der Waals surface area contributed by atoms with Gasteiger partial charge in [-0.25, -0.2) is 4.79 Å². The van der Waals surface area contributed by atoms with Crippen LogP contribution >= 0.6 is 11.3 Å². The Bertz CT molecular complexity index is 459. The molecule has 1 heterocycles. The topological polar surface area (TPSA) is 95.5 Å². The van der Waals surface area contributed by atoms with Gasteiger partial charge in [-0.15, -0.1) is 11.3 Å². The van der Waals surface area contributed by atoms with Crippen molar-refractivity contribution in [3.05, 3.63) is 22.4 Å². The Kier molecular flexibility index (Phi) is 6.72. The lowest BCUT2D eigenvalue weighted by Gasteiger charge is -2.09. The summed E-state index contributed by atoms with van der Waals surface area (Å²) in [5.74, 6) is -1.72. The van der Waals surface area contributed by atoms with Gasteiger partial charge in [0.15, 0.2) is 0 Å². The number of thiophene rings is 1.